The van der Waals surface area contributed by atoms with E-state index in [0.717, 1.165) is 5.56 Å². The number of methoxy groups -OCH3 is 2. The third-order valence-corrected chi connectivity index (χ3v) is 2.22. The van der Waals surface area contributed by atoms with Crippen LogP contribution >= 0.6 is 0 Å². The molecular weight excluding hydrogens is 208 g/mol. The summed E-state index contributed by atoms with van der Waals surface area (Å²) in [6.45, 7) is 2.71. The van der Waals surface area contributed by atoms with Gasteiger partial charge in [0.05, 0.1) is 19.8 Å². The summed E-state index contributed by atoms with van der Waals surface area (Å²) >= 11 is 0. The van der Waals surface area contributed by atoms with E-state index in [4.69, 9.17) is 14.2 Å². The van der Waals surface area contributed by atoms with Crippen LogP contribution in [0.25, 0.3) is 0 Å². The second-order valence-electron chi connectivity index (χ2n) is 3.43. The summed E-state index contributed by atoms with van der Waals surface area (Å²) in [7, 11) is 3.20. The minimum atomic E-state index is -0.512. The van der Waals surface area contributed by atoms with Crippen molar-refractivity contribution in [3.8, 4) is 11.5 Å². The molecule has 4 nitrogen and oxygen atoms in total. The molecule has 0 amide bonds. The van der Waals surface area contributed by atoms with Gasteiger partial charge in [0, 0.05) is 7.11 Å². The maximum absolute atomic E-state index is 9.43. The Kier molecular flexibility index (Phi) is 5.08. The largest absolute Gasteiger partial charge is 0.493 e. The molecule has 1 unspecified atom stereocenters. The third-order valence-electron chi connectivity index (χ3n) is 2.22. The van der Waals surface area contributed by atoms with Crippen molar-refractivity contribution >= 4 is 0 Å². The molecular formula is C12H18O4. The lowest BCUT2D eigenvalue weighted by Gasteiger charge is -2.12. The van der Waals surface area contributed by atoms with E-state index in [1.54, 1.807) is 33.3 Å². The zero-order valence-electron chi connectivity index (χ0n) is 9.90. The highest BCUT2D eigenvalue weighted by atomic mass is 16.5. The van der Waals surface area contributed by atoms with Gasteiger partial charge < -0.3 is 19.3 Å². The lowest BCUT2D eigenvalue weighted by Crippen LogP contribution is -2.05. The highest BCUT2D eigenvalue weighted by Crippen LogP contribution is 2.30. The number of aliphatic hydroxyl groups excluding tert-OH is 1. The first-order valence-electron chi connectivity index (χ1n) is 5.16. The standard InChI is InChI=1S/C12H18O4/c1-9(13)10-4-5-11(12(8-10)15-3)16-7-6-14-2/h4-5,8-9,13H,6-7H2,1-3H3. The van der Waals surface area contributed by atoms with Gasteiger partial charge in [-0.05, 0) is 24.6 Å². The Hall–Kier alpha value is -1.26. The first kappa shape index (κ1) is 12.8. The van der Waals surface area contributed by atoms with E-state index >= 15 is 0 Å². The molecule has 0 bridgehead atoms. The van der Waals surface area contributed by atoms with Gasteiger partial charge in [0.2, 0.25) is 0 Å². The van der Waals surface area contributed by atoms with Crippen LogP contribution in [-0.2, 0) is 4.74 Å². The molecule has 0 heterocycles. The third kappa shape index (κ3) is 3.40. The Labute approximate surface area is 95.8 Å². The van der Waals surface area contributed by atoms with Gasteiger partial charge in [-0.25, -0.2) is 0 Å². The quantitative estimate of drug-likeness (QED) is 0.751. The van der Waals surface area contributed by atoms with Crippen LogP contribution in [0.1, 0.15) is 18.6 Å². The summed E-state index contributed by atoms with van der Waals surface area (Å²) in [6, 6.07) is 5.37. The summed E-state index contributed by atoms with van der Waals surface area (Å²) in [5, 5.41) is 9.43. The number of ether oxygens (including phenoxy) is 3. The molecule has 0 aliphatic rings. The highest BCUT2D eigenvalue weighted by Gasteiger charge is 2.08. The molecule has 1 aromatic rings. The predicted molar refractivity (Wildman–Crippen MR) is 61.0 cm³/mol. The predicted octanol–water partition coefficient (Wildman–Crippen LogP) is 1.77. The average molecular weight is 226 g/mol. The van der Waals surface area contributed by atoms with Crippen LogP contribution in [-0.4, -0.2) is 32.5 Å². The van der Waals surface area contributed by atoms with E-state index < -0.39 is 6.10 Å². The van der Waals surface area contributed by atoms with Gasteiger partial charge >= 0.3 is 0 Å². The molecule has 0 aliphatic carbocycles. The molecule has 0 saturated heterocycles. The molecule has 0 saturated carbocycles. The molecule has 16 heavy (non-hydrogen) atoms. The van der Waals surface area contributed by atoms with Crippen molar-refractivity contribution in [2.45, 2.75) is 13.0 Å². The van der Waals surface area contributed by atoms with Gasteiger partial charge in [0.1, 0.15) is 6.61 Å². The van der Waals surface area contributed by atoms with E-state index in [0.29, 0.717) is 24.7 Å². The topological polar surface area (TPSA) is 47.9 Å². The lowest BCUT2D eigenvalue weighted by molar-refractivity contribution is 0.144. The molecule has 1 N–H and O–H groups in total. The molecule has 90 valence electrons. The van der Waals surface area contributed by atoms with Crippen LogP contribution < -0.4 is 9.47 Å². The zero-order chi connectivity index (χ0) is 12.0. The van der Waals surface area contributed by atoms with Gasteiger partial charge in [-0.3, -0.25) is 0 Å². The fraction of sp³-hybridized carbons (Fsp3) is 0.500. The van der Waals surface area contributed by atoms with Crippen molar-refractivity contribution in [3.05, 3.63) is 23.8 Å². The van der Waals surface area contributed by atoms with Crippen LogP contribution in [0.3, 0.4) is 0 Å². The highest BCUT2D eigenvalue weighted by molar-refractivity contribution is 5.43. The fourth-order valence-corrected chi connectivity index (χ4v) is 1.30. The zero-order valence-corrected chi connectivity index (χ0v) is 9.90. The summed E-state index contributed by atoms with van der Waals surface area (Å²) in [5.74, 6) is 1.28. The minimum absolute atomic E-state index is 0.473. The molecule has 1 atom stereocenters. The van der Waals surface area contributed by atoms with Crippen LogP contribution in [0, 0.1) is 0 Å². The Bertz CT molecular complexity index is 323. The molecule has 0 spiro atoms. The van der Waals surface area contributed by atoms with Crippen molar-refractivity contribution in [2.24, 2.45) is 0 Å². The van der Waals surface area contributed by atoms with Gasteiger partial charge in [-0.2, -0.15) is 0 Å². The molecule has 1 aromatic carbocycles. The maximum Gasteiger partial charge on any atom is 0.161 e. The van der Waals surface area contributed by atoms with E-state index in [9.17, 15) is 5.11 Å². The molecule has 1 rings (SSSR count). The summed E-state index contributed by atoms with van der Waals surface area (Å²) in [6.07, 6.45) is -0.512. The van der Waals surface area contributed by atoms with E-state index in [2.05, 4.69) is 0 Å². The number of benzene rings is 1. The van der Waals surface area contributed by atoms with E-state index in [-0.39, 0.29) is 0 Å². The normalized spacial score (nSPS) is 12.2. The molecule has 0 radical (unpaired) electrons. The van der Waals surface area contributed by atoms with E-state index in [1.165, 1.54) is 0 Å². The SMILES string of the molecule is COCCOc1ccc(C(C)O)cc1OC. The maximum atomic E-state index is 9.43. The Morgan fingerprint density at radius 2 is 1.94 bits per heavy atom. The van der Waals surface area contributed by atoms with Crippen LogP contribution in [0.5, 0.6) is 11.5 Å². The number of hydrogen-bond donors (Lipinski definition) is 1. The van der Waals surface area contributed by atoms with Gasteiger partial charge in [0.15, 0.2) is 11.5 Å². The number of aliphatic hydroxyl groups is 1. The number of hydrogen-bond acceptors (Lipinski definition) is 4. The monoisotopic (exact) mass is 226 g/mol. The van der Waals surface area contributed by atoms with Gasteiger partial charge in [0.25, 0.3) is 0 Å². The van der Waals surface area contributed by atoms with Crippen LogP contribution in [0.15, 0.2) is 18.2 Å². The van der Waals surface area contributed by atoms with Crippen molar-refractivity contribution in [3.63, 3.8) is 0 Å². The van der Waals surface area contributed by atoms with Crippen LogP contribution in [0.4, 0.5) is 0 Å². The smallest absolute Gasteiger partial charge is 0.161 e. The van der Waals surface area contributed by atoms with Crippen molar-refractivity contribution < 1.29 is 19.3 Å². The molecule has 0 fully saturated rings. The second-order valence-corrected chi connectivity index (χ2v) is 3.43. The molecule has 0 aliphatic heterocycles. The van der Waals surface area contributed by atoms with E-state index in [1.807, 2.05) is 6.07 Å². The Balaban J connectivity index is 2.76. The van der Waals surface area contributed by atoms with Crippen molar-refractivity contribution in [1.29, 1.82) is 0 Å². The molecule has 0 aromatic heterocycles. The fourth-order valence-electron chi connectivity index (χ4n) is 1.30. The first-order valence-corrected chi connectivity index (χ1v) is 5.16. The number of rotatable bonds is 6. The Morgan fingerprint density at radius 3 is 2.50 bits per heavy atom. The summed E-state index contributed by atoms with van der Waals surface area (Å²) in [4.78, 5) is 0. The molecule has 4 heteroatoms. The van der Waals surface area contributed by atoms with Crippen molar-refractivity contribution in [1.82, 2.24) is 0 Å². The van der Waals surface area contributed by atoms with Gasteiger partial charge in [-0.1, -0.05) is 6.07 Å². The van der Waals surface area contributed by atoms with Gasteiger partial charge in [-0.15, -0.1) is 0 Å². The van der Waals surface area contributed by atoms with Crippen molar-refractivity contribution in [2.75, 3.05) is 27.4 Å². The average Bonchev–Trinajstić information content (AvgIpc) is 2.29. The Morgan fingerprint density at radius 1 is 1.19 bits per heavy atom. The van der Waals surface area contributed by atoms with Crippen LogP contribution in [0.2, 0.25) is 0 Å². The summed E-state index contributed by atoms with van der Waals surface area (Å²) < 4.78 is 15.6. The first-order chi connectivity index (χ1) is 7.69. The minimum Gasteiger partial charge on any atom is -0.493 e. The summed E-state index contributed by atoms with van der Waals surface area (Å²) in [5.41, 5.74) is 0.802. The second kappa shape index (κ2) is 6.35. The lowest BCUT2D eigenvalue weighted by atomic mass is 10.1.